The van der Waals surface area contributed by atoms with Crippen molar-refractivity contribution < 1.29 is 18.3 Å². The van der Waals surface area contributed by atoms with Gasteiger partial charge in [0.2, 0.25) is 5.91 Å². The zero-order valence-corrected chi connectivity index (χ0v) is 14.6. The number of hydrogen-bond donors (Lipinski definition) is 1. The van der Waals surface area contributed by atoms with Crippen LogP contribution < -0.4 is 15.6 Å². The molecule has 0 saturated carbocycles. The number of nitrogens with zero attached hydrogens (tertiary/aromatic N) is 2. The predicted molar refractivity (Wildman–Crippen MR) is 91.6 cm³/mol. The molecule has 0 unspecified atom stereocenters. The summed E-state index contributed by atoms with van der Waals surface area (Å²) in [6.07, 6.45) is 1.61. The topological polar surface area (TPSA) is 73.2 Å². The molecule has 0 radical (unpaired) electrons. The van der Waals surface area contributed by atoms with Gasteiger partial charge >= 0.3 is 6.61 Å². The normalized spacial score (nSPS) is 10.8. The van der Waals surface area contributed by atoms with Crippen LogP contribution in [0.1, 0.15) is 6.92 Å². The molecule has 25 heavy (non-hydrogen) atoms. The maximum absolute atomic E-state index is 12.2. The van der Waals surface area contributed by atoms with Gasteiger partial charge in [0.05, 0.1) is 10.8 Å². The number of amides is 1. The van der Waals surface area contributed by atoms with Crippen molar-refractivity contribution in [3.05, 3.63) is 45.8 Å². The van der Waals surface area contributed by atoms with Gasteiger partial charge in [-0.2, -0.15) is 13.8 Å². The van der Waals surface area contributed by atoms with Crippen molar-refractivity contribution in [2.24, 2.45) is 0 Å². The molecule has 6 nitrogen and oxygen atoms in total. The van der Waals surface area contributed by atoms with Crippen molar-refractivity contribution in [1.29, 1.82) is 0 Å². The van der Waals surface area contributed by atoms with Crippen molar-refractivity contribution in [3.8, 4) is 5.75 Å². The lowest BCUT2D eigenvalue weighted by Gasteiger charge is -2.10. The highest BCUT2D eigenvalue weighted by Crippen LogP contribution is 2.29. The molecule has 0 fully saturated rings. The molecule has 10 heteroatoms. The first-order chi connectivity index (χ1) is 11.9. The van der Waals surface area contributed by atoms with Gasteiger partial charge in [-0.05, 0) is 25.1 Å². The predicted octanol–water partition coefficient (Wildman–Crippen LogP) is 3.25. The molecule has 1 aromatic carbocycles. The molecule has 0 aliphatic carbocycles. The van der Waals surface area contributed by atoms with E-state index in [-0.39, 0.29) is 28.0 Å². The number of halogens is 3. The Labute approximate surface area is 151 Å². The molecule has 0 bridgehead atoms. The van der Waals surface area contributed by atoms with Crippen molar-refractivity contribution in [1.82, 2.24) is 9.55 Å². The lowest BCUT2D eigenvalue weighted by molar-refractivity contribution is -0.113. The summed E-state index contributed by atoms with van der Waals surface area (Å²) in [7, 11) is 0. The van der Waals surface area contributed by atoms with Crippen molar-refractivity contribution in [3.63, 3.8) is 0 Å². The standard InChI is InChI=1S/C15H14ClF2N3O3S/c1-2-21-6-5-12(22)20-15(21)25-8-13(23)19-9-3-4-11(10(16)7-9)24-14(17)18/h3-7,14H,2,8H2,1H3,(H,19,23). The summed E-state index contributed by atoms with van der Waals surface area (Å²) in [5.74, 6) is -0.516. The monoisotopic (exact) mass is 389 g/mol. The van der Waals surface area contributed by atoms with Crippen LogP contribution in [0.5, 0.6) is 5.75 Å². The quantitative estimate of drug-likeness (QED) is 0.581. The fourth-order valence-electron chi connectivity index (χ4n) is 1.87. The molecule has 0 atom stereocenters. The largest absolute Gasteiger partial charge is 0.433 e. The van der Waals surface area contributed by atoms with Gasteiger partial charge in [-0.25, -0.2) is 0 Å². The van der Waals surface area contributed by atoms with E-state index in [0.717, 1.165) is 11.8 Å². The Hall–Kier alpha value is -2.13. The number of ether oxygens (including phenoxy) is 1. The zero-order valence-electron chi connectivity index (χ0n) is 13.0. The van der Waals surface area contributed by atoms with E-state index in [1.807, 2.05) is 6.92 Å². The van der Waals surface area contributed by atoms with Gasteiger partial charge in [0.1, 0.15) is 5.75 Å². The first-order valence-corrected chi connectivity index (χ1v) is 8.50. The fourth-order valence-corrected chi connectivity index (χ4v) is 2.93. The number of aryl methyl sites for hydroxylation is 1. The van der Waals surface area contributed by atoms with E-state index in [2.05, 4.69) is 15.0 Å². The minimum Gasteiger partial charge on any atom is -0.433 e. The number of carbonyl (C=O) groups excluding carboxylic acids is 1. The molecule has 1 heterocycles. The number of hydrogen-bond acceptors (Lipinski definition) is 5. The Morgan fingerprint density at radius 3 is 2.84 bits per heavy atom. The van der Waals surface area contributed by atoms with Crippen LogP contribution in [0.25, 0.3) is 0 Å². The van der Waals surface area contributed by atoms with Crippen LogP contribution in [0.4, 0.5) is 14.5 Å². The zero-order chi connectivity index (χ0) is 18.4. The summed E-state index contributed by atoms with van der Waals surface area (Å²) >= 11 is 6.94. The Morgan fingerprint density at radius 1 is 1.44 bits per heavy atom. The molecular formula is C15H14ClF2N3O3S. The van der Waals surface area contributed by atoms with E-state index in [9.17, 15) is 18.4 Å². The van der Waals surface area contributed by atoms with Crippen LogP contribution in [-0.2, 0) is 11.3 Å². The first-order valence-electron chi connectivity index (χ1n) is 7.13. The summed E-state index contributed by atoms with van der Waals surface area (Å²) in [5.41, 5.74) is -0.0415. The first kappa shape index (κ1) is 19.2. The van der Waals surface area contributed by atoms with Crippen LogP contribution in [0.2, 0.25) is 5.02 Å². The lowest BCUT2D eigenvalue weighted by Crippen LogP contribution is -2.17. The highest BCUT2D eigenvalue weighted by Gasteiger charge is 2.11. The molecule has 2 aromatic rings. The fraction of sp³-hybridized carbons (Fsp3) is 0.267. The smallest absolute Gasteiger partial charge is 0.387 e. The average Bonchev–Trinajstić information content (AvgIpc) is 2.55. The molecule has 1 N–H and O–H groups in total. The third-order valence-corrected chi connectivity index (χ3v) is 4.24. The number of aromatic nitrogens is 2. The molecule has 2 rings (SSSR count). The van der Waals surface area contributed by atoms with Gasteiger partial charge in [0.15, 0.2) is 5.16 Å². The SMILES string of the molecule is CCn1ccc(=O)nc1SCC(=O)Nc1ccc(OC(F)F)c(Cl)c1. The van der Waals surface area contributed by atoms with Gasteiger partial charge in [-0.3, -0.25) is 9.59 Å². The Bertz CT molecular complexity index is 817. The molecular weight excluding hydrogens is 376 g/mol. The van der Waals surface area contributed by atoms with Crippen molar-refractivity contribution in [2.75, 3.05) is 11.1 Å². The lowest BCUT2D eigenvalue weighted by atomic mass is 10.3. The molecule has 0 aliphatic rings. The van der Waals surface area contributed by atoms with Crippen LogP contribution in [-0.4, -0.2) is 27.8 Å². The number of benzene rings is 1. The third kappa shape index (κ3) is 5.71. The maximum Gasteiger partial charge on any atom is 0.387 e. The van der Waals surface area contributed by atoms with Crippen LogP contribution in [0.3, 0.4) is 0 Å². The minimum atomic E-state index is -2.98. The molecule has 0 saturated heterocycles. The van der Waals surface area contributed by atoms with E-state index in [1.165, 1.54) is 24.3 Å². The molecule has 1 amide bonds. The Morgan fingerprint density at radius 2 is 2.20 bits per heavy atom. The number of thioether (sulfide) groups is 1. The summed E-state index contributed by atoms with van der Waals surface area (Å²) in [4.78, 5) is 27.2. The summed E-state index contributed by atoms with van der Waals surface area (Å²) in [6, 6.07) is 5.29. The van der Waals surface area contributed by atoms with Crippen LogP contribution in [0.15, 0.2) is 40.4 Å². The van der Waals surface area contributed by atoms with Crippen LogP contribution in [0, 0.1) is 0 Å². The second-order valence-electron chi connectivity index (χ2n) is 4.69. The van der Waals surface area contributed by atoms with Gasteiger partial charge < -0.3 is 14.6 Å². The van der Waals surface area contributed by atoms with Crippen LogP contribution >= 0.6 is 23.4 Å². The number of carbonyl (C=O) groups is 1. The highest BCUT2D eigenvalue weighted by molar-refractivity contribution is 7.99. The number of anilines is 1. The van der Waals surface area contributed by atoms with Gasteiger partial charge in [0.25, 0.3) is 5.56 Å². The van der Waals surface area contributed by atoms with E-state index in [0.29, 0.717) is 17.4 Å². The molecule has 1 aromatic heterocycles. The van der Waals surface area contributed by atoms with E-state index < -0.39 is 6.61 Å². The Balaban J connectivity index is 1.98. The summed E-state index contributed by atoms with van der Waals surface area (Å²) < 4.78 is 30.3. The average molecular weight is 390 g/mol. The molecule has 0 spiro atoms. The maximum atomic E-state index is 12.2. The van der Waals surface area contributed by atoms with Gasteiger partial charge in [-0.15, -0.1) is 0 Å². The van der Waals surface area contributed by atoms with Gasteiger partial charge in [-0.1, -0.05) is 23.4 Å². The number of rotatable bonds is 7. The third-order valence-electron chi connectivity index (χ3n) is 2.95. The van der Waals surface area contributed by atoms with Gasteiger partial charge in [0, 0.05) is 24.5 Å². The highest BCUT2D eigenvalue weighted by atomic mass is 35.5. The Kier molecular flexibility index (Phi) is 6.77. The van der Waals surface area contributed by atoms with E-state index in [4.69, 9.17) is 11.6 Å². The van der Waals surface area contributed by atoms with Crippen molar-refractivity contribution in [2.45, 2.75) is 25.2 Å². The summed E-state index contributed by atoms with van der Waals surface area (Å²) in [5, 5.41) is 2.97. The second-order valence-corrected chi connectivity index (χ2v) is 6.04. The number of nitrogens with one attached hydrogen (secondary N) is 1. The molecule has 134 valence electrons. The summed E-state index contributed by atoms with van der Waals surface area (Å²) in [6.45, 7) is -0.483. The molecule has 0 aliphatic heterocycles. The van der Waals surface area contributed by atoms with E-state index in [1.54, 1.807) is 10.8 Å². The van der Waals surface area contributed by atoms with Crippen molar-refractivity contribution >= 4 is 35.0 Å². The number of alkyl halides is 2. The minimum absolute atomic E-state index is 0.0172. The van der Waals surface area contributed by atoms with E-state index >= 15 is 0 Å². The second kappa shape index (κ2) is 8.82.